The molecular weight excluding hydrogens is 216 g/mol. The van der Waals surface area contributed by atoms with Crippen molar-refractivity contribution in [3.8, 4) is 0 Å². The number of hydrogen-bond acceptors (Lipinski definition) is 6. The number of fused-ring (bicyclic) bond motifs is 1. The second-order valence-corrected chi connectivity index (χ2v) is 4.60. The summed E-state index contributed by atoms with van der Waals surface area (Å²) in [7, 11) is 0. The largest absolute Gasteiger partial charge is 0.394 e. The van der Waals surface area contributed by atoms with Crippen LogP contribution < -0.4 is 0 Å². The van der Waals surface area contributed by atoms with E-state index in [4.69, 9.17) is 19.5 Å². The fraction of sp³-hybridized carbons (Fsp3) is 1.00. The fourth-order valence-electron chi connectivity index (χ4n) is 2.96. The summed E-state index contributed by atoms with van der Waals surface area (Å²) in [6.45, 7) is 1.80. The zero-order valence-electron chi connectivity index (χ0n) is 9.04. The first-order valence-electron chi connectivity index (χ1n) is 5.65. The van der Waals surface area contributed by atoms with Gasteiger partial charge in [-0.15, -0.1) is 0 Å². The minimum Gasteiger partial charge on any atom is -0.394 e. The molecule has 16 heavy (non-hydrogen) atoms. The van der Waals surface area contributed by atoms with Gasteiger partial charge in [0, 0.05) is 6.42 Å². The molecule has 0 spiro atoms. The second kappa shape index (κ2) is 3.63. The van der Waals surface area contributed by atoms with Gasteiger partial charge < -0.3 is 19.3 Å². The summed E-state index contributed by atoms with van der Waals surface area (Å²) in [5.74, 6) is -0.690. The topological polar surface area (TPSA) is 77.4 Å². The molecule has 4 heterocycles. The highest BCUT2D eigenvalue weighted by Gasteiger charge is 2.63. The Balaban J connectivity index is 1.95. The molecule has 4 saturated heterocycles. The van der Waals surface area contributed by atoms with Gasteiger partial charge in [0.2, 0.25) is 0 Å². The van der Waals surface area contributed by atoms with Crippen molar-refractivity contribution in [1.82, 2.24) is 0 Å². The van der Waals surface area contributed by atoms with E-state index in [2.05, 4.69) is 4.89 Å². The number of ether oxygens (including phenoxy) is 3. The lowest BCUT2D eigenvalue weighted by atomic mass is 10.0. The molecule has 92 valence electrons. The van der Waals surface area contributed by atoms with E-state index in [-0.39, 0.29) is 18.8 Å². The minimum absolute atomic E-state index is 0.112. The molecule has 0 aromatic carbocycles. The molecular formula is C10H16O6. The lowest BCUT2D eigenvalue weighted by Gasteiger charge is -2.29. The quantitative estimate of drug-likeness (QED) is 0.522. The number of hydrogen-bond donors (Lipinski definition) is 2. The highest BCUT2D eigenvalue weighted by molar-refractivity contribution is 5.06. The Labute approximate surface area is 93.0 Å². The maximum absolute atomic E-state index is 9.30. The van der Waals surface area contributed by atoms with Crippen molar-refractivity contribution >= 4 is 0 Å². The summed E-state index contributed by atoms with van der Waals surface area (Å²) in [4.78, 5) is 4.44. The van der Waals surface area contributed by atoms with E-state index in [0.717, 1.165) is 0 Å². The van der Waals surface area contributed by atoms with E-state index < -0.39 is 24.1 Å². The zero-order valence-corrected chi connectivity index (χ0v) is 9.04. The third-order valence-electron chi connectivity index (χ3n) is 3.78. The monoisotopic (exact) mass is 232 g/mol. The smallest absolute Gasteiger partial charge is 0.171 e. The third-order valence-corrected chi connectivity index (χ3v) is 3.78. The van der Waals surface area contributed by atoms with Gasteiger partial charge in [-0.1, -0.05) is 6.92 Å². The third kappa shape index (κ3) is 1.28. The van der Waals surface area contributed by atoms with Crippen molar-refractivity contribution in [2.24, 2.45) is 0 Å². The van der Waals surface area contributed by atoms with Crippen molar-refractivity contribution in [2.75, 3.05) is 6.61 Å². The highest BCUT2D eigenvalue weighted by Crippen LogP contribution is 2.48. The summed E-state index contributed by atoms with van der Waals surface area (Å²) < 4.78 is 17.3. The van der Waals surface area contributed by atoms with Crippen molar-refractivity contribution in [3.63, 3.8) is 0 Å². The molecule has 0 aromatic rings. The molecule has 0 aliphatic carbocycles. The lowest BCUT2D eigenvalue weighted by Crippen LogP contribution is -2.42. The molecule has 2 N–H and O–H groups in total. The normalized spacial score (nSPS) is 54.6. The van der Waals surface area contributed by atoms with Gasteiger partial charge in [-0.3, -0.25) is 5.26 Å². The number of rotatable bonds is 3. The van der Waals surface area contributed by atoms with Crippen LogP contribution in [-0.4, -0.2) is 53.3 Å². The Morgan fingerprint density at radius 3 is 2.81 bits per heavy atom. The molecule has 6 atom stereocenters. The second-order valence-electron chi connectivity index (χ2n) is 4.60. The predicted octanol–water partition coefficient (Wildman–Crippen LogP) is -0.102. The van der Waals surface area contributed by atoms with Gasteiger partial charge in [0.15, 0.2) is 11.9 Å². The standard InChI is InChI=1S/C10H16O6/c1-2-10-3-5-8(15-10)9(16-12)7(13-5)6(4-11)14-10/h5-9,11-12H,2-4H2,1H3/t5?,6?,7?,8?,9-,10-/m1/s1. The van der Waals surface area contributed by atoms with Crippen molar-refractivity contribution in [2.45, 2.75) is 56.1 Å². The molecule has 0 radical (unpaired) electrons. The van der Waals surface area contributed by atoms with Gasteiger partial charge in [0.05, 0.1) is 12.7 Å². The first-order chi connectivity index (χ1) is 7.73. The van der Waals surface area contributed by atoms with Crippen LogP contribution in [0.2, 0.25) is 0 Å². The van der Waals surface area contributed by atoms with Gasteiger partial charge in [0.25, 0.3) is 0 Å². The molecule has 6 heteroatoms. The molecule has 4 fully saturated rings. The van der Waals surface area contributed by atoms with Crippen molar-refractivity contribution in [3.05, 3.63) is 0 Å². The lowest BCUT2D eigenvalue weighted by molar-refractivity contribution is -0.302. The van der Waals surface area contributed by atoms with Crippen LogP contribution in [0.4, 0.5) is 0 Å². The Bertz CT molecular complexity index is 284. The minimum atomic E-state index is -0.690. The average Bonchev–Trinajstić information content (AvgIpc) is 2.66. The average molecular weight is 232 g/mol. The summed E-state index contributed by atoms with van der Waals surface area (Å²) in [5.41, 5.74) is 0. The molecule has 0 saturated carbocycles. The first-order valence-corrected chi connectivity index (χ1v) is 5.65. The molecule has 4 unspecified atom stereocenters. The maximum atomic E-state index is 9.30. The predicted molar refractivity (Wildman–Crippen MR) is 50.6 cm³/mol. The molecule has 4 aliphatic rings. The van der Waals surface area contributed by atoms with Crippen LogP contribution in [0.5, 0.6) is 0 Å². The number of aliphatic hydroxyl groups excluding tert-OH is 1. The molecule has 4 aliphatic heterocycles. The summed E-state index contributed by atoms with van der Waals surface area (Å²) in [6, 6.07) is 0. The molecule has 4 bridgehead atoms. The summed E-state index contributed by atoms with van der Waals surface area (Å²) in [5, 5.41) is 18.2. The van der Waals surface area contributed by atoms with Crippen LogP contribution in [0.3, 0.4) is 0 Å². The van der Waals surface area contributed by atoms with E-state index in [1.54, 1.807) is 0 Å². The van der Waals surface area contributed by atoms with Crippen molar-refractivity contribution in [1.29, 1.82) is 0 Å². The van der Waals surface area contributed by atoms with Crippen LogP contribution in [0.25, 0.3) is 0 Å². The van der Waals surface area contributed by atoms with E-state index in [0.29, 0.717) is 12.8 Å². The Hall–Kier alpha value is -0.240. The van der Waals surface area contributed by atoms with Crippen LogP contribution in [0.15, 0.2) is 0 Å². The SMILES string of the molecule is CC[C@@]12CC3OC(C(CO)O1)[C@@H](OO)C3O2. The molecule has 0 amide bonds. The first kappa shape index (κ1) is 10.9. The number of aliphatic hydroxyl groups is 1. The fourth-order valence-corrected chi connectivity index (χ4v) is 2.96. The van der Waals surface area contributed by atoms with Crippen LogP contribution in [0, 0.1) is 0 Å². The van der Waals surface area contributed by atoms with Crippen LogP contribution in [-0.2, 0) is 19.1 Å². The van der Waals surface area contributed by atoms with Crippen molar-refractivity contribution < 1.29 is 29.5 Å². The van der Waals surface area contributed by atoms with Crippen LogP contribution in [0.1, 0.15) is 19.8 Å². The maximum Gasteiger partial charge on any atom is 0.171 e. The van der Waals surface area contributed by atoms with Gasteiger partial charge >= 0.3 is 0 Å². The highest BCUT2D eigenvalue weighted by atomic mass is 17.1. The summed E-state index contributed by atoms with van der Waals surface area (Å²) in [6.07, 6.45) is -0.634. The molecule has 6 nitrogen and oxygen atoms in total. The Morgan fingerprint density at radius 1 is 1.38 bits per heavy atom. The Kier molecular flexibility index (Phi) is 2.47. The van der Waals surface area contributed by atoms with E-state index in [1.807, 2.05) is 6.92 Å². The summed E-state index contributed by atoms with van der Waals surface area (Å²) >= 11 is 0. The van der Waals surface area contributed by atoms with Gasteiger partial charge in [-0.25, -0.2) is 4.89 Å². The molecule has 4 rings (SSSR count). The van der Waals surface area contributed by atoms with Gasteiger partial charge in [0.1, 0.15) is 18.3 Å². The molecule has 0 aromatic heterocycles. The van der Waals surface area contributed by atoms with E-state index in [9.17, 15) is 5.11 Å². The zero-order chi connectivity index (χ0) is 11.3. The van der Waals surface area contributed by atoms with E-state index in [1.165, 1.54) is 0 Å². The van der Waals surface area contributed by atoms with Gasteiger partial charge in [-0.2, -0.15) is 0 Å². The van der Waals surface area contributed by atoms with Gasteiger partial charge in [-0.05, 0) is 6.42 Å². The Morgan fingerprint density at radius 2 is 2.19 bits per heavy atom. The van der Waals surface area contributed by atoms with Crippen LogP contribution >= 0.6 is 0 Å². The van der Waals surface area contributed by atoms with E-state index >= 15 is 0 Å².